The van der Waals surface area contributed by atoms with Crippen molar-refractivity contribution < 1.29 is 18.3 Å². The summed E-state index contributed by atoms with van der Waals surface area (Å²) in [6.45, 7) is 7.34. The average Bonchev–Trinajstić information content (AvgIpc) is 2.63. The number of rotatable bonds is 4. The lowest BCUT2D eigenvalue weighted by atomic mass is 9.80. The van der Waals surface area contributed by atoms with Gasteiger partial charge in [-0.15, -0.1) is 0 Å². The number of sulfonamides is 1. The van der Waals surface area contributed by atoms with E-state index in [9.17, 15) is 13.2 Å². The SMILES string of the molecule is CC(C)(C)C1CCN(S(=O)(=O)CCC(=O)O)C1. The van der Waals surface area contributed by atoms with Crippen molar-refractivity contribution in [2.24, 2.45) is 11.3 Å². The van der Waals surface area contributed by atoms with Gasteiger partial charge in [-0.3, -0.25) is 4.79 Å². The molecule has 0 bridgehead atoms. The second-order valence-electron chi connectivity index (χ2n) is 5.67. The third kappa shape index (κ3) is 3.96. The third-order valence-electron chi connectivity index (χ3n) is 3.34. The van der Waals surface area contributed by atoms with Crippen LogP contribution in [0.4, 0.5) is 0 Å². The Hall–Kier alpha value is -0.620. The molecule has 1 saturated heterocycles. The number of carboxylic acid groups (broad SMARTS) is 1. The van der Waals surface area contributed by atoms with Crippen LogP contribution in [0.15, 0.2) is 0 Å². The van der Waals surface area contributed by atoms with E-state index in [1.54, 1.807) is 0 Å². The second kappa shape index (κ2) is 4.94. The van der Waals surface area contributed by atoms with Crippen molar-refractivity contribution in [3.63, 3.8) is 0 Å². The molecule has 6 heteroatoms. The first-order chi connectivity index (χ1) is 7.63. The Morgan fingerprint density at radius 3 is 2.41 bits per heavy atom. The van der Waals surface area contributed by atoms with Crippen molar-refractivity contribution in [2.75, 3.05) is 18.8 Å². The zero-order chi connectivity index (χ0) is 13.3. The van der Waals surface area contributed by atoms with Crippen molar-refractivity contribution in [1.82, 2.24) is 4.31 Å². The highest BCUT2D eigenvalue weighted by Crippen LogP contribution is 2.34. The highest BCUT2D eigenvalue weighted by atomic mass is 32.2. The van der Waals surface area contributed by atoms with Gasteiger partial charge in [-0.1, -0.05) is 20.8 Å². The Morgan fingerprint density at radius 2 is 2.00 bits per heavy atom. The number of hydrogen-bond acceptors (Lipinski definition) is 3. The quantitative estimate of drug-likeness (QED) is 0.826. The van der Waals surface area contributed by atoms with Gasteiger partial charge in [0.15, 0.2) is 0 Å². The van der Waals surface area contributed by atoms with Gasteiger partial charge in [0, 0.05) is 13.1 Å². The van der Waals surface area contributed by atoms with E-state index >= 15 is 0 Å². The molecular formula is C11H21NO4S. The maximum Gasteiger partial charge on any atom is 0.304 e. The molecular weight excluding hydrogens is 242 g/mol. The van der Waals surface area contributed by atoms with Crippen LogP contribution >= 0.6 is 0 Å². The molecule has 1 fully saturated rings. The summed E-state index contributed by atoms with van der Waals surface area (Å²) in [5.41, 5.74) is 0.0943. The molecule has 0 aromatic rings. The zero-order valence-electron chi connectivity index (χ0n) is 10.6. The van der Waals surface area contributed by atoms with Crippen molar-refractivity contribution in [1.29, 1.82) is 0 Å². The van der Waals surface area contributed by atoms with Crippen LogP contribution in [-0.2, 0) is 14.8 Å². The Balaban J connectivity index is 2.61. The van der Waals surface area contributed by atoms with E-state index < -0.39 is 16.0 Å². The van der Waals surface area contributed by atoms with Crippen molar-refractivity contribution in [3.05, 3.63) is 0 Å². The van der Waals surface area contributed by atoms with Gasteiger partial charge in [-0.25, -0.2) is 12.7 Å². The Kier molecular flexibility index (Phi) is 4.19. The normalized spacial score (nSPS) is 22.9. The number of carbonyl (C=O) groups is 1. The number of hydrogen-bond donors (Lipinski definition) is 1. The molecule has 1 rings (SSSR count). The predicted octanol–water partition coefficient (Wildman–Crippen LogP) is 1.16. The minimum atomic E-state index is -3.40. The molecule has 5 nitrogen and oxygen atoms in total. The lowest BCUT2D eigenvalue weighted by molar-refractivity contribution is -0.136. The molecule has 0 aliphatic carbocycles. The van der Waals surface area contributed by atoms with E-state index in [1.807, 2.05) is 0 Å². The summed E-state index contributed by atoms with van der Waals surface area (Å²) in [6.07, 6.45) is 0.537. The van der Waals surface area contributed by atoms with Crippen LogP contribution in [0.2, 0.25) is 0 Å². The second-order valence-corrected chi connectivity index (χ2v) is 7.76. The maximum atomic E-state index is 11.9. The molecule has 0 amide bonds. The Morgan fingerprint density at radius 1 is 1.41 bits per heavy atom. The molecule has 1 aliphatic heterocycles. The van der Waals surface area contributed by atoms with Crippen molar-refractivity contribution in [2.45, 2.75) is 33.6 Å². The number of nitrogens with zero attached hydrogens (tertiary/aromatic N) is 1. The van der Waals surface area contributed by atoms with Crippen LogP contribution in [0.1, 0.15) is 33.6 Å². The molecule has 0 radical (unpaired) electrons. The first kappa shape index (κ1) is 14.4. The summed E-state index contributed by atoms with van der Waals surface area (Å²) in [5.74, 6) is -1.01. The average molecular weight is 263 g/mol. The lowest BCUT2D eigenvalue weighted by Gasteiger charge is -2.26. The summed E-state index contributed by atoms with van der Waals surface area (Å²) >= 11 is 0. The summed E-state index contributed by atoms with van der Waals surface area (Å²) in [4.78, 5) is 10.4. The molecule has 0 aromatic heterocycles. The van der Waals surface area contributed by atoms with Gasteiger partial charge in [-0.05, 0) is 17.8 Å². The van der Waals surface area contributed by atoms with E-state index in [-0.39, 0.29) is 17.6 Å². The van der Waals surface area contributed by atoms with Gasteiger partial charge < -0.3 is 5.11 Å². The first-order valence-corrected chi connectivity index (χ1v) is 7.43. The van der Waals surface area contributed by atoms with E-state index in [4.69, 9.17) is 5.11 Å². The van der Waals surface area contributed by atoms with Crippen molar-refractivity contribution >= 4 is 16.0 Å². The summed E-state index contributed by atoms with van der Waals surface area (Å²) in [6, 6.07) is 0. The molecule has 0 saturated carbocycles. The Bertz CT molecular complexity index is 383. The molecule has 1 atom stereocenters. The lowest BCUT2D eigenvalue weighted by Crippen LogP contribution is -2.33. The molecule has 17 heavy (non-hydrogen) atoms. The van der Waals surface area contributed by atoms with Crippen LogP contribution < -0.4 is 0 Å². The largest absolute Gasteiger partial charge is 0.481 e. The number of carboxylic acids is 1. The molecule has 0 aromatic carbocycles. The van der Waals surface area contributed by atoms with Crippen LogP contribution in [0, 0.1) is 11.3 Å². The smallest absolute Gasteiger partial charge is 0.304 e. The predicted molar refractivity (Wildman–Crippen MR) is 65.2 cm³/mol. The zero-order valence-corrected chi connectivity index (χ0v) is 11.5. The molecule has 1 N–H and O–H groups in total. The fourth-order valence-corrected chi connectivity index (χ4v) is 3.51. The highest BCUT2D eigenvalue weighted by Gasteiger charge is 2.36. The molecule has 0 spiro atoms. The van der Waals surface area contributed by atoms with Gasteiger partial charge in [-0.2, -0.15) is 0 Å². The monoisotopic (exact) mass is 263 g/mol. The summed E-state index contributed by atoms with van der Waals surface area (Å²) in [7, 11) is -3.40. The van der Waals surface area contributed by atoms with E-state index in [2.05, 4.69) is 20.8 Å². The van der Waals surface area contributed by atoms with Crippen LogP contribution in [-0.4, -0.2) is 42.6 Å². The fraction of sp³-hybridized carbons (Fsp3) is 0.909. The third-order valence-corrected chi connectivity index (χ3v) is 5.18. The van der Waals surface area contributed by atoms with Crippen molar-refractivity contribution in [3.8, 4) is 0 Å². The maximum absolute atomic E-state index is 11.9. The fourth-order valence-electron chi connectivity index (χ4n) is 2.03. The van der Waals surface area contributed by atoms with Crippen LogP contribution in [0.5, 0.6) is 0 Å². The minimum Gasteiger partial charge on any atom is -0.481 e. The van der Waals surface area contributed by atoms with Crippen LogP contribution in [0.3, 0.4) is 0 Å². The molecule has 1 unspecified atom stereocenters. The van der Waals surface area contributed by atoms with Gasteiger partial charge in [0.25, 0.3) is 0 Å². The van der Waals surface area contributed by atoms with E-state index in [0.717, 1.165) is 6.42 Å². The molecule has 1 heterocycles. The van der Waals surface area contributed by atoms with E-state index in [0.29, 0.717) is 19.0 Å². The van der Waals surface area contributed by atoms with Gasteiger partial charge in [0.05, 0.1) is 12.2 Å². The summed E-state index contributed by atoms with van der Waals surface area (Å²) < 4.78 is 25.2. The van der Waals surface area contributed by atoms with Crippen LogP contribution in [0.25, 0.3) is 0 Å². The van der Waals surface area contributed by atoms with Gasteiger partial charge in [0.1, 0.15) is 0 Å². The number of aliphatic carboxylic acids is 1. The summed E-state index contributed by atoms with van der Waals surface area (Å²) in [5, 5.41) is 8.52. The topological polar surface area (TPSA) is 74.7 Å². The Labute approximate surface area is 103 Å². The standard InChI is InChI=1S/C11H21NO4S/c1-11(2,3)9-4-6-12(8-9)17(15,16)7-5-10(13)14/h9H,4-8H2,1-3H3,(H,13,14). The first-order valence-electron chi connectivity index (χ1n) is 5.82. The van der Waals surface area contributed by atoms with Gasteiger partial charge in [0.2, 0.25) is 10.0 Å². The van der Waals surface area contributed by atoms with E-state index in [1.165, 1.54) is 4.31 Å². The minimum absolute atomic E-state index is 0.0943. The molecule has 100 valence electrons. The highest BCUT2D eigenvalue weighted by molar-refractivity contribution is 7.89. The molecule has 1 aliphatic rings. The van der Waals surface area contributed by atoms with Gasteiger partial charge >= 0.3 is 5.97 Å².